The zero-order chi connectivity index (χ0) is 19.4. The Morgan fingerprint density at radius 1 is 1.15 bits per heavy atom. The number of nitrogens with one attached hydrogen (secondary N) is 1. The van der Waals surface area contributed by atoms with Crippen molar-refractivity contribution in [2.75, 3.05) is 7.11 Å². The standard InChI is InChI=1S/C19H23NO6/c1-10(2)17(19(23)24-5)20-18(22)12(4)25-13-6-7-14-11(3)8-16(21)26-15(14)9-13/h6-10,12,17H,1-5H3,(H,20,22). The van der Waals surface area contributed by atoms with Crippen molar-refractivity contribution in [2.24, 2.45) is 5.92 Å². The van der Waals surface area contributed by atoms with Crippen molar-refractivity contribution < 1.29 is 23.5 Å². The maximum absolute atomic E-state index is 12.3. The van der Waals surface area contributed by atoms with E-state index in [-0.39, 0.29) is 5.92 Å². The van der Waals surface area contributed by atoms with E-state index >= 15 is 0 Å². The van der Waals surface area contributed by atoms with E-state index in [1.165, 1.54) is 13.2 Å². The van der Waals surface area contributed by atoms with Gasteiger partial charge in [0, 0.05) is 17.5 Å². The Morgan fingerprint density at radius 2 is 1.85 bits per heavy atom. The van der Waals surface area contributed by atoms with Crippen molar-refractivity contribution in [3.63, 3.8) is 0 Å². The summed E-state index contributed by atoms with van der Waals surface area (Å²) in [4.78, 5) is 35.6. The van der Waals surface area contributed by atoms with Crippen LogP contribution in [-0.4, -0.2) is 31.1 Å². The lowest BCUT2D eigenvalue weighted by atomic mass is 10.0. The number of amides is 1. The normalized spacial score (nSPS) is 13.3. The second-order valence-corrected chi connectivity index (χ2v) is 6.42. The van der Waals surface area contributed by atoms with E-state index < -0.39 is 29.6 Å². The van der Waals surface area contributed by atoms with Crippen LogP contribution in [0.4, 0.5) is 0 Å². The summed E-state index contributed by atoms with van der Waals surface area (Å²) in [6.07, 6.45) is -0.852. The molecule has 0 saturated carbocycles. The molecule has 0 aliphatic carbocycles. The van der Waals surface area contributed by atoms with Crippen LogP contribution < -0.4 is 15.7 Å². The molecule has 1 N–H and O–H groups in total. The number of aryl methyl sites for hydroxylation is 1. The van der Waals surface area contributed by atoms with Crippen LogP contribution in [0.1, 0.15) is 26.3 Å². The predicted octanol–water partition coefficient (Wildman–Crippen LogP) is 2.18. The third-order valence-corrected chi connectivity index (χ3v) is 4.02. The smallest absolute Gasteiger partial charge is 0.336 e. The van der Waals surface area contributed by atoms with Gasteiger partial charge in [0.1, 0.15) is 17.4 Å². The summed E-state index contributed by atoms with van der Waals surface area (Å²) in [6.45, 7) is 7.00. The number of methoxy groups -OCH3 is 1. The van der Waals surface area contributed by atoms with Crippen molar-refractivity contribution in [1.29, 1.82) is 0 Å². The molecule has 0 saturated heterocycles. The highest BCUT2D eigenvalue weighted by Gasteiger charge is 2.27. The van der Waals surface area contributed by atoms with Crippen LogP contribution in [0.25, 0.3) is 11.0 Å². The Balaban J connectivity index is 2.14. The summed E-state index contributed by atoms with van der Waals surface area (Å²) in [5.41, 5.74) is 0.733. The maximum Gasteiger partial charge on any atom is 0.336 e. The number of fused-ring (bicyclic) bond motifs is 1. The highest BCUT2D eigenvalue weighted by molar-refractivity contribution is 5.87. The Morgan fingerprint density at radius 3 is 2.46 bits per heavy atom. The quantitative estimate of drug-likeness (QED) is 0.626. The van der Waals surface area contributed by atoms with Crippen molar-refractivity contribution in [1.82, 2.24) is 5.32 Å². The van der Waals surface area contributed by atoms with Gasteiger partial charge in [0.25, 0.3) is 5.91 Å². The number of benzene rings is 1. The molecule has 2 unspecified atom stereocenters. The number of carbonyl (C=O) groups is 2. The van der Waals surface area contributed by atoms with Crippen LogP contribution in [-0.2, 0) is 14.3 Å². The van der Waals surface area contributed by atoms with Gasteiger partial charge in [-0.25, -0.2) is 9.59 Å². The van der Waals surface area contributed by atoms with Gasteiger partial charge < -0.3 is 19.2 Å². The average Bonchev–Trinajstić information content (AvgIpc) is 2.57. The van der Waals surface area contributed by atoms with Crippen LogP contribution in [0.3, 0.4) is 0 Å². The number of esters is 1. The molecule has 2 rings (SSSR count). The van der Waals surface area contributed by atoms with Crippen LogP contribution >= 0.6 is 0 Å². The molecule has 26 heavy (non-hydrogen) atoms. The van der Waals surface area contributed by atoms with E-state index in [2.05, 4.69) is 5.32 Å². The summed E-state index contributed by atoms with van der Waals surface area (Å²) in [7, 11) is 1.27. The Labute approximate surface area is 151 Å². The van der Waals surface area contributed by atoms with Gasteiger partial charge in [-0.3, -0.25) is 4.79 Å². The highest BCUT2D eigenvalue weighted by atomic mass is 16.5. The molecule has 1 aromatic heterocycles. The largest absolute Gasteiger partial charge is 0.481 e. The third kappa shape index (κ3) is 4.41. The molecule has 7 heteroatoms. The topological polar surface area (TPSA) is 94.8 Å². The van der Waals surface area contributed by atoms with E-state index in [1.54, 1.807) is 39.0 Å². The van der Waals surface area contributed by atoms with E-state index in [9.17, 15) is 14.4 Å². The first-order valence-electron chi connectivity index (χ1n) is 8.32. The molecule has 0 aliphatic rings. The molecule has 1 heterocycles. The van der Waals surface area contributed by atoms with Gasteiger partial charge in [-0.05, 0) is 37.5 Å². The van der Waals surface area contributed by atoms with Crippen LogP contribution in [0.15, 0.2) is 33.5 Å². The summed E-state index contributed by atoms with van der Waals surface area (Å²) >= 11 is 0. The molecule has 1 aromatic carbocycles. The summed E-state index contributed by atoms with van der Waals surface area (Å²) in [6, 6.07) is 5.68. The average molecular weight is 361 g/mol. The fraction of sp³-hybridized carbons (Fsp3) is 0.421. The minimum absolute atomic E-state index is 0.128. The molecule has 2 aromatic rings. The fourth-order valence-electron chi connectivity index (χ4n) is 2.53. The Hall–Kier alpha value is -2.83. The third-order valence-electron chi connectivity index (χ3n) is 4.02. The second kappa shape index (κ2) is 8.03. The van der Waals surface area contributed by atoms with E-state index in [4.69, 9.17) is 13.9 Å². The van der Waals surface area contributed by atoms with Crippen molar-refractivity contribution in [3.8, 4) is 5.75 Å². The first-order valence-corrected chi connectivity index (χ1v) is 8.32. The van der Waals surface area contributed by atoms with Gasteiger partial charge in [-0.15, -0.1) is 0 Å². The minimum Gasteiger partial charge on any atom is -0.481 e. The number of hydrogen-bond donors (Lipinski definition) is 1. The van der Waals surface area contributed by atoms with Crippen molar-refractivity contribution >= 4 is 22.8 Å². The summed E-state index contributed by atoms with van der Waals surface area (Å²) in [5.74, 6) is -0.701. The molecule has 2 atom stereocenters. The number of carbonyl (C=O) groups excluding carboxylic acids is 2. The number of rotatable bonds is 6. The first kappa shape index (κ1) is 19.5. The molecule has 140 valence electrons. The van der Waals surface area contributed by atoms with Gasteiger partial charge >= 0.3 is 11.6 Å². The van der Waals surface area contributed by atoms with E-state index in [0.717, 1.165) is 10.9 Å². The maximum atomic E-state index is 12.3. The number of ether oxygens (including phenoxy) is 2. The molecule has 0 fully saturated rings. The zero-order valence-electron chi connectivity index (χ0n) is 15.5. The van der Waals surface area contributed by atoms with Gasteiger partial charge in [0.05, 0.1) is 7.11 Å². The second-order valence-electron chi connectivity index (χ2n) is 6.42. The molecule has 0 radical (unpaired) electrons. The molecule has 1 amide bonds. The molecule has 0 spiro atoms. The van der Waals surface area contributed by atoms with E-state index in [1.807, 2.05) is 6.92 Å². The SMILES string of the molecule is COC(=O)C(NC(=O)C(C)Oc1ccc2c(C)cc(=O)oc2c1)C(C)C. The fourth-order valence-corrected chi connectivity index (χ4v) is 2.53. The van der Waals surface area contributed by atoms with Crippen molar-refractivity contribution in [3.05, 3.63) is 40.2 Å². The molecule has 7 nitrogen and oxygen atoms in total. The van der Waals surface area contributed by atoms with Crippen molar-refractivity contribution in [2.45, 2.75) is 39.8 Å². The van der Waals surface area contributed by atoms with Gasteiger partial charge in [-0.1, -0.05) is 13.8 Å². The van der Waals surface area contributed by atoms with Gasteiger partial charge in [0.2, 0.25) is 0 Å². The molecule has 0 aliphatic heterocycles. The molecule has 0 bridgehead atoms. The lowest BCUT2D eigenvalue weighted by Crippen LogP contribution is -2.49. The summed E-state index contributed by atoms with van der Waals surface area (Å²) in [5, 5.41) is 3.42. The highest BCUT2D eigenvalue weighted by Crippen LogP contribution is 2.23. The predicted molar refractivity (Wildman–Crippen MR) is 96.1 cm³/mol. The number of hydrogen-bond acceptors (Lipinski definition) is 6. The first-order chi connectivity index (χ1) is 12.2. The molecular formula is C19H23NO6. The van der Waals surface area contributed by atoms with Gasteiger partial charge in [0.15, 0.2) is 6.10 Å². The van der Waals surface area contributed by atoms with E-state index in [0.29, 0.717) is 11.3 Å². The van der Waals surface area contributed by atoms with Crippen LogP contribution in [0, 0.1) is 12.8 Å². The monoisotopic (exact) mass is 361 g/mol. The lowest BCUT2D eigenvalue weighted by molar-refractivity contribution is -0.147. The Kier molecular flexibility index (Phi) is 6.02. The minimum atomic E-state index is -0.852. The zero-order valence-corrected chi connectivity index (χ0v) is 15.5. The summed E-state index contributed by atoms with van der Waals surface area (Å²) < 4.78 is 15.5. The van der Waals surface area contributed by atoms with Crippen LogP contribution in [0.2, 0.25) is 0 Å². The van der Waals surface area contributed by atoms with Gasteiger partial charge in [-0.2, -0.15) is 0 Å². The van der Waals surface area contributed by atoms with Crippen LogP contribution in [0.5, 0.6) is 5.75 Å². The Bertz CT molecular complexity index is 870. The lowest BCUT2D eigenvalue weighted by Gasteiger charge is -2.22. The molecular weight excluding hydrogens is 338 g/mol.